The molecule has 0 unspecified atom stereocenters. The maximum atomic E-state index is 13.1. The predicted octanol–water partition coefficient (Wildman–Crippen LogP) is 3.39. The quantitative estimate of drug-likeness (QED) is 0.702. The van der Waals surface area contributed by atoms with E-state index in [1.807, 2.05) is 24.3 Å². The van der Waals surface area contributed by atoms with Crippen LogP contribution in [0.25, 0.3) is 0 Å². The van der Waals surface area contributed by atoms with Gasteiger partial charge in [-0.2, -0.15) is 0 Å². The van der Waals surface area contributed by atoms with Crippen LogP contribution in [0.2, 0.25) is 5.02 Å². The highest BCUT2D eigenvalue weighted by Gasteiger charge is 2.21. The summed E-state index contributed by atoms with van der Waals surface area (Å²) < 4.78 is 18.3. The first-order valence-electron chi connectivity index (χ1n) is 9.88. The molecule has 1 aliphatic rings. The zero-order chi connectivity index (χ0) is 21.5. The van der Waals surface area contributed by atoms with Gasteiger partial charge in [0.05, 0.1) is 17.7 Å². The Morgan fingerprint density at radius 2 is 1.87 bits per heavy atom. The van der Waals surface area contributed by atoms with Crippen LogP contribution in [-0.4, -0.2) is 44.6 Å². The summed E-state index contributed by atoms with van der Waals surface area (Å²) in [6.45, 7) is 1.90. The van der Waals surface area contributed by atoms with Gasteiger partial charge in [0, 0.05) is 37.8 Å². The molecule has 0 aromatic heterocycles. The second-order valence-electron chi connectivity index (χ2n) is 7.16. The third-order valence-electron chi connectivity index (χ3n) is 5.11. The van der Waals surface area contributed by atoms with E-state index < -0.39 is 11.7 Å². The van der Waals surface area contributed by atoms with Crippen LogP contribution in [0.5, 0.6) is 5.75 Å². The van der Waals surface area contributed by atoms with Gasteiger partial charge in [-0.05, 0) is 55.3 Å². The topological polar surface area (TPSA) is 70.7 Å². The molecule has 0 bridgehead atoms. The van der Waals surface area contributed by atoms with Crippen molar-refractivity contribution in [3.05, 3.63) is 58.9 Å². The number of ether oxygens (including phenoxy) is 1. The standard InChI is InChI=1S/C22H25ClFN3O3/c1-30-18-5-3-17(4-6-18)27-12-9-16(10-13-27)26-21(28)8-11-25-22(29)19-7-2-15(24)14-20(19)23/h2-7,14,16H,8-13H2,1H3,(H,25,29)(H,26,28). The monoisotopic (exact) mass is 433 g/mol. The molecule has 8 heteroatoms. The number of rotatable bonds is 7. The molecule has 1 fully saturated rings. The molecular formula is C22H25ClFN3O3. The lowest BCUT2D eigenvalue weighted by Gasteiger charge is -2.34. The number of carbonyl (C=O) groups excluding carboxylic acids is 2. The van der Waals surface area contributed by atoms with Crippen molar-refractivity contribution in [2.45, 2.75) is 25.3 Å². The Morgan fingerprint density at radius 1 is 1.17 bits per heavy atom. The van der Waals surface area contributed by atoms with E-state index in [4.69, 9.17) is 16.3 Å². The van der Waals surface area contributed by atoms with Gasteiger partial charge in [-0.1, -0.05) is 11.6 Å². The van der Waals surface area contributed by atoms with Crippen LogP contribution in [0.4, 0.5) is 10.1 Å². The maximum absolute atomic E-state index is 13.1. The average Bonchev–Trinajstić information content (AvgIpc) is 2.74. The Bertz CT molecular complexity index is 884. The van der Waals surface area contributed by atoms with E-state index in [2.05, 4.69) is 15.5 Å². The van der Waals surface area contributed by atoms with E-state index in [0.717, 1.165) is 43.4 Å². The molecule has 0 radical (unpaired) electrons. The summed E-state index contributed by atoms with van der Waals surface area (Å²) >= 11 is 5.88. The Balaban J connectivity index is 1.38. The zero-order valence-corrected chi connectivity index (χ0v) is 17.5. The summed E-state index contributed by atoms with van der Waals surface area (Å²) in [5.74, 6) is -0.215. The molecule has 30 heavy (non-hydrogen) atoms. The van der Waals surface area contributed by atoms with Gasteiger partial charge >= 0.3 is 0 Å². The molecule has 1 saturated heterocycles. The van der Waals surface area contributed by atoms with Crippen LogP contribution in [0.15, 0.2) is 42.5 Å². The molecule has 2 amide bonds. The largest absolute Gasteiger partial charge is 0.497 e. The van der Waals surface area contributed by atoms with Gasteiger partial charge in [-0.25, -0.2) is 4.39 Å². The van der Waals surface area contributed by atoms with Gasteiger partial charge in [-0.3, -0.25) is 9.59 Å². The van der Waals surface area contributed by atoms with Crippen molar-refractivity contribution in [2.24, 2.45) is 0 Å². The minimum atomic E-state index is -0.506. The van der Waals surface area contributed by atoms with E-state index in [0.29, 0.717) is 0 Å². The number of carbonyl (C=O) groups is 2. The number of anilines is 1. The van der Waals surface area contributed by atoms with Crippen molar-refractivity contribution in [1.82, 2.24) is 10.6 Å². The fourth-order valence-electron chi connectivity index (χ4n) is 3.43. The van der Waals surface area contributed by atoms with Crippen molar-refractivity contribution in [3.8, 4) is 5.75 Å². The number of benzene rings is 2. The smallest absolute Gasteiger partial charge is 0.252 e. The Hall–Kier alpha value is -2.80. The fourth-order valence-corrected chi connectivity index (χ4v) is 3.69. The number of nitrogens with zero attached hydrogens (tertiary/aromatic N) is 1. The lowest BCUT2D eigenvalue weighted by Crippen LogP contribution is -2.45. The van der Waals surface area contributed by atoms with Gasteiger partial charge < -0.3 is 20.3 Å². The lowest BCUT2D eigenvalue weighted by molar-refractivity contribution is -0.121. The minimum absolute atomic E-state index is 0.0422. The Morgan fingerprint density at radius 3 is 2.50 bits per heavy atom. The predicted molar refractivity (Wildman–Crippen MR) is 115 cm³/mol. The summed E-state index contributed by atoms with van der Waals surface area (Å²) in [5.41, 5.74) is 1.33. The molecule has 6 nitrogen and oxygen atoms in total. The van der Waals surface area contributed by atoms with Crippen LogP contribution in [0.3, 0.4) is 0 Å². The molecule has 0 saturated carbocycles. The first-order valence-corrected chi connectivity index (χ1v) is 10.3. The zero-order valence-electron chi connectivity index (χ0n) is 16.8. The summed E-state index contributed by atoms with van der Waals surface area (Å²) in [4.78, 5) is 26.6. The number of hydrogen-bond acceptors (Lipinski definition) is 4. The molecular weight excluding hydrogens is 409 g/mol. The van der Waals surface area contributed by atoms with E-state index in [1.165, 1.54) is 12.1 Å². The molecule has 3 rings (SSSR count). The fraction of sp³-hybridized carbons (Fsp3) is 0.364. The van der Waals surface area contributed by atoms with E-state index >= 15 is 0 Å². The molecule has 1 heterocycles. The van der Waals surface area contributed by atoms with Crippen LogP contribution >= 0.6 is 11.6 Å². The highest BCUT2D eigenvalue weighted by molar-refractivity contribution is 6.33. The van der Waals surface area contributed by atoms with Crippen LogP contribution in [-0.2, 0) is 4.79 Å². The van der Waals surface area contributed by atoms with Crippen molar-refractivity contribution < 1.29 is 18.7 Å². The number of hydrogen-bond donors (Lipinski definition) is 2. The summed E-state index contributed by atoms with van der Waals surface area (Å²) in [6.07, 6.45) is 1.88. The maximum Gasteiger partial charge on any atom is 0.252 e. The normalized spacial score (nSPS) is 14.3. The third kappa shape index (κ3) is 5.86. The van der Waals surface area contributed by atoms with Gasteiger partial charge in [-0.15, -0.1) is 0 Å². The number of halogens is 2. The van der Waals surface area contributed by atoms with Crippen molar-refractivity contribution >= 4 is 29.1 Å². The lowest BCUT2D eigenvalue weighted by atomic mass is 10.0. The highest BCUT2D eigenvalue weighted by atomic mass is 35.5. The third-order valence-corrected chi connectivity index (χ3v) is 5.42. The second kappa shape index (κ2) is 10.3. The van der Waals surface area contributed by atoms with Crippen molar-refractivity contribution in [2.75, 3.05) is 31.6 Å². The number of methoxy groups -OCH3 is 1. The van der Waals surface area contributed by atoms with Crippen LogP contribution in [0.1, 0.15) is 29.6 Å². The molecule has 2 N–H and O–H groups in total. The molecule has 2 aromatic rings. The van der Waals surface area contributed by atoms with Gasteiger partial charge in [0.15, 0.2) is 0 Å². The summed E-state index contributed by atoms with van der Waals surface area (Å²) in [7, 11) is 1.65. The minimum Gasteiger partial charge on any atom is -0.497 e. The first kappa shape index (κ1) is 21.9. The number of piperidine rings is 1. The molecule has 2 aromatic carbocycles. The van der Waals surface area contributed by atoms with E-state index in [-0.39, 0.29) is 35.5 Å². The Kier molecular flexibility index (Phi) is 7.52. The van der Waals surface area contributed by atoms with Crippen molar-refractivity contribution in [3.63, 3.8) is 0 Å². The van der Waals surface area contributed by atoms with Crippen LogP contribution < -0.4 is 20.3 Å². The summed E-state index contributed by atoms with van der Waals surface area (Å²) in [5, 5.41) is 5.71. The molecule has 0 aliphatic carbocycles. The van der Waals surface area contributed by atoms with Gasteiger partial charge in [0.25, 0.3) is 5.91 Å². The van der Waals surface area contributed by atoms with Crippen LogP contribution in [0, 0.1) is 5.82 Å². The first-order chi connectivity index (χ1) is 14.5. The second-order valence-corrected chi connectivity index (χ2v) is 7.56. The molecule has 1 aliphatic heterocycles. The van der Waals surface area contributed by atoms with Gasteiger partial charge in [0.2, 0.25) is 5.91 Å². The SMILES string of the molecule is COc1ccc(N2CCC(NC(=O)CCNC(=O)c3ccc(F)cc3Cl)CC2)cc1. The molecule has 0 atom stereocenters. The van der Waals surface area contributed by atoms with Gasteiger partial charge in [0.1, 0.15) is 11.6 Å². The van der Waals surface area contributed by atoms with E-state index in [9.17, 15) is 14.0 Å². The van der Waals surface area contributed by atoms with E-state index in [1.54, 1.807) is 7.11 Å². The molecule has 0 spiro atoms. The molecule has 160 valence electrons. The number of nitrogens with one attached hydrogen (secondary N) is 2. The highest BCUT2D eigenvalue weighted by Crippen LogP contribution is 2.23. The summed E-state index contributed by atoms with van der Waals surface area (Å²) in [6, 6.07) is 11.7. The number of amides is 2. The van der Waals surface area contributed by atoms with Crippen molar-refractivity contribution in [1.29, 1.82) is 0 Å². The Labute approximate surface area is 180 Å². The average molecular weight is 434 g/mol.